The number of anilines is 1. The van der Waals surface area contributed by atoms with Gasteiger partial charge in [-0.05, 0) is 24.3 Å². The summed E-state index contributed by atoms with van der Waals surface area (Å²) in [4.78, 5) is 24.5. The Hall–Kier alpha value is -3.93. The third kappa shape index (κ3) is 3.57. The van der Waals surface area contributed by atoms with E-state index in [1.54, 1.807) is 4.72 Å². The van der Waals surface area contributed by atoms with Gasteiger partial charge in [-0.2, -0.15) is 13.2 Å². The van der Waals surface area contributed by atoms with Crippen molar-refractivity contribution >= 4 is 27.3 Å². The molecule has 3 aromatic rings. The van der Waals surface area contributed by atoms with Crippen LogP contribution >= 0.6 is 0 Å². The van der Waals surface area contributed by atoms with E-state index in [0.717, 1.165) is 6.07 Å². The molecule has 0 aliphatic heterocycles. The van der Waals surface area contributed by atoms with Gasteiger partial charge in [-0.1, -0.05) is 24.3 Å². The van der Waals surface area contributed by atoms with E-state index < -0.39 is 72.4 Å². The molecule has 1 aliphatic carbocycles. The van der Waals surface area contributed by atoms with Crippen LogP contribution in [0.4, 0.5) is 23.2 Å². The lowest BCUT2D eigenvalue weighted by molar-refractivity contribution is -0.140. The van der Waals surface area contributed by atoms with Gasteiger partial charge in [0, 0.05) is 16.7 Å². The molecule has 0 spiro atoms. The molecule has 33 heavy (non-hydrogen) atoms. The van der Waals surface area contributed by atoms with E-state index in [9.17, 15) is 45.8 Å². The molecule has 12 heteroatoms. The minimum Gasteiger partial charge on any atom is -0.504 e. The Morgan fingerprint density at radius 3 is 2.03 bits per heavy atom. The van der Waals surface area contributed by atoms with Crippen molar-refractivity contribution in [2.45, 2.75) is 11.1 Å². The van der Waals surface area contributed by atoms with E-state index in [2.05, 4.69) is 0 Å². The van der Waals surface area contributed by atoms with Crippen LogP contribution in [0.25, 0.3) is 0 Å². The van der Waals surface area contributed by atoms with Gasteiger partial charge < -0.3 is 10.2 Å². The molecule has 1 aliphatic rings. The molecular weight excluding hydrogens is 470 g/mol. The van der Waals surface area contributed by atoms with Crippen molar-refractivity contribution in [1.29, 1.82) is 0 Å². The highest BCUT2D eigenvalue weighted by Crippen LogP contribution is 2.43. The molecule has 3 N–H and O–H groups in total. The van der Waals surface area contributed by atoms with Gasteiger partial charge in [0.2, 0.25) is 0 Å². The topological polar surface area (TPSA) is 121 Å². The molecule has 4 rings (SSSR count). The van der Waals surface area contributed by atoms with Crippen molar-refractivity contribution in [2.24, 2.45) is 0 Å². The largest absolute Gasteiger partial charge is 0.504 e. The van der Waals surface area contributed by atoms with Crippen molar-refractivity contribution in [3.63, 3.8) is 0 Å². The summed E-state index contributed by atoms with van der Waals surface area (Å²) < 4.78 is 79.4. The lowest BCUT2D eigenvalue weighted by Crippen LogP contribution is -2.22. The molecule has 0 heterocycles. The van der Waals surface area contributed by atoms with Gasteiger partial charge in [0.15, 0.2) is 23.1 Å². The Morgan fingerprint density at radius 1 is 0.818 bits per heavy atom. The summed E-state index contributed by atoms with van der Waals surface area (Å²) in [7, 11) is -4.85. The van der Waals surface area contributed by atoms with Crippen molar-refractivity contribution < 1.29 is 45.8 Å². The summed E-state index contributed by atoms with van der Waals surface area (Å²) in [6, 6.07) is 7.33. The number of alkyl halides is 3. The zero-order chi connectivity index (χ0) is 24.3. The average Bonchev–Trinajstić information content (AvgIpc) is 2.74. The van der Waals surface area contributed by atoms with Gasteiger partial charge in [-0.3, -0.25) is 14.3 Å². The number of benzene rings is 3. The molecule has 0 unspecified atom stereocenters. The van der Waals surface area contributed by atoms with Crippen LogP contribution in [0.2, 0.25) is 0 Å². The smallest absolute Gasteiger partial charge is 0.419 e. The minimum absolute atomic E-state index is 0.0257. The summed E-state index contributed by atoms with van der Waals surface area (Å²) in [5, 5.41) is 20.6. The Balaban J connectivity index is 1.82. The summed E-state index contributed by atoms with van der Waals surface area (Å²) >= 11 is 0. The van der Waals surface area contributed by atoms with Gasteiger partial charge in [0.05, 0.1) is 21.7 Å². The minimum atomic E-state index is -5.18. The second kappa shape index (κ2) is 7.30. The van der Waals surface area contributed by atoms with E-state index >= 15 is 0 Å². The van der Waals surface area contributed by atoms with Gasteiger partial charge in [-0.15, -0.1) is 0 Å². The first-order valence-corrected chi connectivity index (χ1v) is 10.5. The second-order valence-electron chi connectivity index (χ2n) is 6.99. The maximum Gasteiger partial charge on any atom is 0.419 e. The Bertz CT molecular complexity index is 1460. The average molecular weight is 481 g/mol. The number of aromatic hydroxyl groups is 2. The summed E-state index contributed by atoms with van der Waals surface area (Å²) in [6.45, 7) is 0. The molecule has 0 saturated heterocycles. The van der Waals surface area contributed by atoms with Crippen LogP contribution in [-0.2, 0) is 16.2 Å². The number of rotatable bonds is 3. The second-order valence-corrected chi connectivity index (χ2v) is 8.68. The first-order chi connectivity index (χ1) is 15.3. The van der Waals surface area contributed by atoms with Crippen molar-refractivity contribution in [3.05, 3.63) is 82.2 Å². The third-order valence-electron chi connectivity index (χ3n) is 4.96. The van der Waals surface area contributed by atoms with Crippen molar-refractivity contribution in [2.75, 3.05) is 4.72 Å². The molecule has 0 amide bonds. The number of carbonyl (C=O) groups is 2. The van der Waals surface area contributed by atoms with Crippen LogP contribution in [-0.4, -0.2) is 30.2 Å². The van der Waals surface area contributed by atoms with E-state index in [1.807, 2.05) is 0 Å². The van der Waals surface area contributed by atoms with Crippen LogP contribution in [0.3, 0.4) is 0 Å². The predicted octanol–water partition coefficient (Wildman–Crippen LogP) is 3.83. The molecule has 3 aromatic carbocycles. The molecule has 7 nitrogen and oxygen atoms in total. The maximum atomic E-state index is 13.5. The van der Waals surface area contributed by atoms with E-state index in [1.165, 1.54) is 24.3 Å². The zero-order valence-electron chi connectivity index (χ0n) is 16.1. The molecule has 0 radical (unpaired) electrons. The molecule has 0 bridgehead atoms. The fourth-order valence-electron chi connectivity index (χ4n) is 3.40. The predicted molar refractivity (Wildman–Crippen MR) is 105 cm³/mol. The summed E-state index contributed by atoms with van der Waals surface area (Å²) in [6.07, 6.45) is -5.18. The van der Waals surface area contributed by atoms with Crippen LogP contribution in [0.5, 0.6) is 11.5 Å². The molecule has 170 valence electrons. The Kier molecular flexibility index (Phi) is 4.93. The standard InChI is InChI=1S/C21H11F4NO6S/c22-14-6-5-9(7-13(14)21(23,24)25)33(31,32)26-15-8-12-16(20(30)19(15)29)18(28)11-4-2-1-3-10(11)17(12)27/h1-8,26,29-30H. The molecule has 0 saturated carbocycles. The van der Waals surface area contributed by atoms with E-state index in [0.29, 0.717) is 12.1 Å². The van der Waals surface area contributed by atoms with Gasteiger partial charge in [-0.25, -0.2) is 12.8 Å². The quantitative estimate of drug-likeness (QED) is 0.302. The highest BCUT2D eigenvalue weighted by molar-refractivity contribution is 7.92. The summed E-state index contributed by atoms with van der Waals surface area (Å²) in [5.41, 5.74) is -3.65. The number of phenolic OH excluding ortho intramolecular Hbond substituents is 2. The van der Waals surface area contributed by atoms with E-state index in [4.69, 9.17) is 0 Å². The number of carbonyl (C=O) groups excluding carboxylic acids is 2. The van der Waals surface area contributed by atoms with Crippen LogP contribution in [0.1, 0.15) is 37.4 Å². The number of nitrogens with one attached hydrogen (secondary N) is 1. The van der Waals surface area contributed by atoms with Crippen LogP contribution in [0, 0.1) is 5.82 Å². The molecular formula is C21H11F4NO6S. The highest BCUT2D eigenvalue weighted by atomic mass is 32.2. The molecule has 0 atom stereocenters. The Morgan fingerprint density at radius 2 is 1.42 bits per heavy atom. The van der Waals surface area contributed by atoms with Crippen molar-refractivity contribution in [3.8, 4) is 11.5 Å². The van der Waals surface area contributed by atoms with Crippen LogP contribution in [0.15, 0.2) is 53.4 Å². The maximum absolute atomic E-state index is 13.5. The Labute approximate surface area is 183 Å². The summed E-state index contributed by atoms with van der Waals surface area (Å²) in [5.74, 6) is -5.46. The first-order valence-electron chi connectivity index (χ1n) is 9.00. The first kappa shape index (κ1) is 22.3. The molecule has 0 fully saturated rings. The number of sulfonamides is 1. The van der Waals surface area contributed by atoms with E-state index in [-0.39, 0.29) is 17.2 Å². The number of hydrogen-bond donors (Lipinski definition) is 3. The molecule has 0 aromatic heterocycles. The fourth-order valence-corrected chi connectivity index (χ4v) is 4.48. The van der Waals surface area contributed by atoms with Gasteiger partial charge in [0.25, 0.3) is 10.0 Å². The van der Waals surface area contributed by atoms with Gasteiger partial charge >= 0.3 is 6.18 Å². The number of phenols is 2. The highest BCUT2D eigenvalue weighted by Gasteiger charge is 2.37. The lowest BCUT2D eigenvalue weighted by Gasteiger charge is -2.21. The van der Waals surface area contributed by atoms with Gasteiger partial charge in [0.1, 0.15) is 5.82 Å². The monoisotopic (exact) mass is 481 g/mol. The van der Waals surface area contributed by atoms with Crippen LogP contribution < -0.4 is 4.72 Å². The normalized spacial score (nSPS) is 13.5. The third-order valence-corrected chi connectivity index (χ3v) is 6.32. The number of halogens is 4. The number of hydrogen-bond acceptors (Lipinski definition) is 6. The SMILES string of the molecule is O=C1c2ccccc2C(=O)c2c1cc(NS(=O)(=O)c1ccc(F)c(C(F)(F)F)c1)c(O)c2O. The zero-order valence-corrected chi connectivity index (χ0v) is 16.9. The number of fused-ring (bicyclic) bond motifs is 2. The fraction of sp³-hybridized carbons (Fsp3) is 0.0476. The van der Waals surface area contributed by atoms with Crippen molar-refractivity contribution in [1.82, 2.24) is 0 Å². The number of ketones is 2. The lowest BCUT2D eigenvalue weighted by atomic mass is 9.83.